The van der Waals surface area contributed by atoms with Crippen molar-refractivity contribution in [2.45, 2.75) is 51.5 Å². The minimum atomic E-state index is 0.194. The molecule has 2 unspecified atom stereocenters. The zero-order valence-electron chi connectivity index (χ0n) is 10.8. The fraction of sp³-hybridized carbons (Fsp3) is 0.929. The SMILES string of the molecule is CCCN(C(=O)NCC1C2CCCC21)C1CC1. The third-order valence-corrected chi connectivity index (χ3v) is 4.79. The summed E-state index contributed by atoms with van der Waals surface area (Å²) in [6.07, 6.45) is 7.73. The molecule has 17 heavy (non-hydrogen) atoms. The second kappa shape index (κ2) is 4.51. The van der Waals surface area contributed by atoms with Crippen molar-refractivity contribution >= 4 is 6.03 Å². The fourth-order valence-corrected chi connectivity index (χ4v) is 3.66. The highest BCUT2D eigenvalue weighted by Gasteiger charge is 2.52. The number of rotatable bonds is 5. The lowest BCUT2D eigenvalue weighted by Gasteiger charge is -2.22. The van der Waals surface area contributed by atoms with Crippen molar-refractivity contribution in [1.29, 1.82) is 0 Å². The summed E-state index contributed by atoms with van der Waals surface area (Å²) in [7, 11) is 0. The van der Waals surface area contributed by atoms with Crippen molar-refractivity contribution in [3.63, 3.8) is 0 Å². The molecule has 0 aromatic rings. The van der Waals surface area contributed by atoms with E-state index in [1.807, 2.05) is 0 Å². The Morgan fingerprint density at radius 2 is 1.94 bits per heavy atom. The van der Waals surface area contributed by atoms with Crippen LogP contribution < -0.4 is 5.32 Å². The van der Waals surface area contributed by atoms with Gasteiger partial charge in [-0.3, -0.25) is 0 Å². The number of hydrogen-bond acceptors (Lipinski definition) is 1. The Balaban J connectivity index is 1.43. The van der Waals surface area contributed by atoms with Crippen molar-refractivity contribution in [2.24, 2.45) is 17.8 Å². The minimum Gasteiger partial charge on any atom is -0.338 e. The van der Waals surface area contributed by atoms with Gasteiger partial charge in [-0.05, 0) is 49.9 Å². The molecule has 0 aromatic carbocycles. The van der Waals surface area contributed by atoms with E-state index in [9.17, 15) is 4.79 Å². The molecule has 3 saturated carbocycles. The molecule has 96 valence electrons. The minimum absolute atomic E-state index is 0.194. The Bertz CT molecular complexity index is 291. The molecule has 3 aliphatic rings. The first-order valence-corrected chi connectivity index (χ1v) is 7.35. The summed E-state index contributed by atoms with van der Waals surface area (Å²) < 4.78 is 0. The van der Waals surface area contributed by atoms with Crippen LogP contribution in [0.15, 0.2) is 0 Å². The van der Waals surface area contributed by atoms with Gasteiger partial charge in [0.25, 0.3) is 0 Å². The fourth-order valence-electron chi connectivity index (χ4n) is 3.66. The van der Waals surface area contributed by atoms with Crippen LogP contribution in [0.3, 0.4) is 0 Å². The smallest absolute Gasteiger partial charge is 0.317 e. The van der Waals surface area contributed by atoms with Gasteiger partial charge in [0.15, 0.2) is 0 Å². The molecule has 3 nitrogen and oxygen atoms in total. The van der Waals surface area contributed by atoms with Crippen molar-refractivity contribution in [3.05, 3.63) is 0 Å². The van der Waals surface area contributed by atoms with Gasteiger partial charge in [0, 0.05) is 19.1 Å². The maximum Gasteiger partial charge on any atom is 0.317 e. The van der Waals surface area contributed by atoms with Gasteiger partial charge >= 0.3 is 6.03 Å². The van der Waals surface area contributed by atoms with Gasteiger partial charge in [0.05, 0.1) is 0 Å². The molecule has 0 saturated heterocycles. The Morgan fingerprint density at radius 1 is 1.24 bits per heavy atom. The van der Waals surface area contributed by atoms with E-state index < -0.39 is 0 Å². The van der Waals surface area contributed by atoms with E-state index in [0.29, 0.717) is 6.04 Å². The maximum absolute atomic E-state index is 12.1. The van der Waals surface area contributed by atoms with Gasteiger partial charge in [-0.15, -0.1) is 0 Å². The third kappa shape index (κ3) is 2.29. The van der Waals surface area contributed by atoms with Crippen LogP contribution in [-0.2, 0) is 0 Å². The number of fused-ring (bicyclic) bond motifs is 1. The molecule has 3 fully saturated rings. The van der Waals surface area contributed by atoms with Crippen LogP contribution in [0.25, 0.3) is 0 Å². The monoisotopic (exact) mass is 236 g/mol. The van der Waals surface area contributed by atoms with Gasteiger partial charge in [-0.25, -0.2) is 4.79 Å². The van der Waals surface area contributed by atoms with E-state index in [0.717, 1.165) is 37.3 Å². The summed E-state index contributed by atoms with van der Waals surface area (Å²) in [6, 6.07) is 0.743. The quantitative estimate of drug-likeness (QED) is 0.782. The Kier molecular flexibility index (Phi) is 3.01. The normalized spacial score (nSPS) is 34.3. The Labute approximate surface area is 104 Å². The number of urea groups is 1. The number of hydrogen-bond donors (Lipinski definition) is 1. The molecule has 0 bridgehead atoms. The number of nitrogens with one attached hydrogen (secondary N) is 1. The molecule has 0 aromatic heterocycles. The van der Waals surface area contributed by atoms with E-state index in [1.54, 1.807) is 0 Å². The van der Waals surface area contributed by atoms with Crippen LogP contribution in [0, 0.1) is 17.8 Å². The molecule has 2 amide bonds. The molecular formula is C14H24N2O. The van der Waals surface area contributed by atoms with Crippen LogP contribution in [0.5, 0.6) is 0 Å². The topological polar surface area (TPSA) is 32.3 Å². The molecule has 3 heteroatoms. The molecule has 0 radical (unpaired) electrons. The second-order valence-corrected chi connectivity index (χ2v) is 6.03. The lowest BCUT2D eigenvalue weighted by atomic mass is 10.1. The van der Waals surface area contributed by atoms with Crippen molar-refractivity contribution in [1.82, 2.24) is 10.2 Å². The Hall–Kier alpha value is -0.730. The zero-order valence-corrected chi connectivity index (χ0v) is 10.8. The summed E-state index contributed by atoms with van der Waals surface area (Å²) in [5, 5.41) is 3.17. The van der Waals surface area contributed by atoms with E-state index in [1.165, 1.54) is 32.1 Å². The lowest BCUT2D eigenvalue weighted by Crippen LogP contribution is -2.42. The first-order valence-electron chi connectivity index (χ1n) is 7.35. The predicted octanol–water partition coefficient (Wildman–Crippen LogP) is 2.62. The maximum atomic E-state index is 12.1. The van der Waals surface area contributed by atoms with Crippen molar-refractivity contribution in [3.8, 4) is 0 Å². The summed E-state index contributed by atoms with van der Waals surface area (Å²) in [4.78, 5) is 14.1. The standard InChI is InChI=1S/C14H24N2O/c1-2-8-16(10-6-7-10)14(17)15-9-13-11-4-3-5-12(11)13/h10-13H,2-9H2,1H3,(H,15,17). The van der Waals surface area contributed by atoms with Crippen LogP contribution in [0.1, 0.15) is 45.4 Å². The molecule has 3 aliphatic carbocycles. The highest BCUT2D eigenvalue weighted by Crippen LogP contribution is 2.57. The highest BCUT2D eigenvalue weighted by atomic mass is 16.2. The van der Waals surface area contributed by atoms with E-state index in [4.69, 9.17) is 0 Å². The molecular weight excluding hydrogens is 212 g/mol. The van der Waals surface area contributed by atoms with Crippen LogP contribution in [0.2, 0.25) is 0 Å². The van der Waals surface area contributed by atoms with Gasteiger partial charge in [-0.1, -0.05) is 13.3 Å². The number of amides is 2. The third-order valence-electron chi connectivity index (χ3n) is 4.79. The molecule has 0 aliphatic heterocycles. The van der Waals surface area contributed by atoms with Crippen LogP contribution in [0.4, 0.5) is 4.79 Å². The molecule has 0 heterocycles. The predicted molar refractivity (Wildman–Crippen MR) is 67.7 cm³/mol. The summed E-state index contributed by atoms with van der Waals surface area (Å²) in [5.74, 6) is 2.72. The highest BCUT2D eigenvalue weighted by molar-refractivity contribution is 5.75. The van der Waals surface area contributed by atoms with Crippen molar-refractivity contribution in [2.75, 3.05) is 13.1 Å². The van der Waals surface area contributed by atoms with Crippen molar-refractivity contribution < 1.29 is 4.79 Å². The molecule has 3 rings (SSSR count). The van der Waals surface area contributed by atoms with Crippen LogP contribution >= 0.6 is 0 Å². The van der Waals surface area contributed by atoms with Gasteiger partial charge in [0.2, 0.25) is 0 Å². The average Bonchev–Trinajstić information content (AvgIpc) is 3.23. The largest absolute Gasteiger partial charge is 0.338 e. The summed E-state index contributed by atoms with van der Waals surface area (Å²) in [6.45, 7) is 4.00. The summed E-state index contributed by atoms with van der Waals surface area (Å²) >= 11 is 0. The van der Waals surface area contributed by atoms with E-state index in [2.05, 4.69) is 17.1 Å². The molecule has 2 atom stereocenters. The number of nitrogens with zero attached hydrogens (tertiary/aromatic N) is 1. The first-order chi connectivity index (χ1) is 8.31. The first kappa shape index (κ1) is 11.4. The summed E-state index contributed by atoms with van der Waals surface area (Å²) in [5.41, 5.74) is 0. The lowest BCUT2D eigenvalue weighted by molar-refractivity contribution is 0.194. The van der Waals surface area contributed by atoms with Gasteiger partial charge < -0.3 is 10.2 Å². The van der Waals surface area contributed by atoms with Crippen LogP contribution in [-0.4, -0.2) is 30.1 Å². The van der Waals surface area contributed by atoms with Gasteiger partial charge in [0.1, 0.15) is 0 Å². The molecule has 1 N–H and O–H groups in total. The Morgan fingerprint density at radius 3 is 2.53 bits per heavy atom. The number of carbonyl (C=O) groups excluding carboxylic acids is 1. The second-order valence-electron chi connectivity index (χ2n) is 6.03. The number of carbonyl (C=O) groups is 1. The molecule has 0 spiro atoms. The van der Waals surface area contributed by atoms with Gasteiger partial charge in [-0.2, -0.15) is 0 Å². The van der Waals surface area contributed by atoms with E-state index in [-0.39, 0.29) is 6.03 Å². The zero-order chi connectivity index (χ0) is 11.8. The van der Waals surface area contributed by atoms with E-state index >= 15 is 0 Å². The average molecular weight is 236 g/mol.